The number of methoxy groups -OCH3 is 1. The van der Waals surface area contributed by atoms with E-state index in [1.807, 2.05) is 6.92 Å². The van der Waals surface area contributed by atoms with Crippen molar-refractivity contribution in [2.75, 3.05) is 7.11 Å². The van der Waals surface area contributed by atoms with Crippen LogP contribution in [0, 0.1) is 18.3 Å². The second-order valence-corrected chi connectivity index (χ2v) is 5.10. The molecule has 1 aromatic heterocycles. The number of esters is 1. The van der Waals surface area contributed by atoms with Crippen molar-refractivity contribution in [2.45, 2.75) is 12.8 Å². The molecular formula is C16H14N4O3. The van der Waals surface area contributed by atoms with Crippen LogP contribution in [0.1, 0.15) is 33.2 Å². The molecule has 0 radical (unpaired) electrons. The first-order valence-electron chi connectivity index (χ1n) is 6.87. The smallest absolute Gasteiger partial charge is 0.337 e. The number of benzene rings is 1. The van der Waals surface area contributed by atoms with Crippen molar-refractivity contribution in [2.24, 2.45) is 5.73 Å². The number of ether oxygens (including phenoxy) is 2. The van der Waals surface area contributed by atoms with E-state index in [4.69, 9.17) is 10.5 Å². The minimum Gasteiger partial charge on any atom is -0.465 e. The van der Waals surface area contributed by atoms with Crippen molar-refractivity contribution < 1.29 is 14.3 Å². The van der Waals surface area contributed by atoms with Gasteiger partial charge < -0.3 is 15.2 Å². The van der Waals surface area contributed by atoms with Crippen molar-refractivity contribution in [1.82, 2.24) is 10.2 Å². The summed E-state index contributed by atoms with van der Waals surface area (Å²) in [5.74, 6) is -0.272. The number of aryl methyl sites for hydroxylation is 1. The molecule has 0 saturated heterocycles. The van der Waals surface area contributed by atoms with Gasteiger partial charge in [-0.15, -0.1) is 0 Å². The van der Waals surface area contributed by atoms with Crippen LogP contribution in [0.2, 0.25) is 0 Å². The molecule has 0 fully saturated rings. The van der Waals surface area contributed by atoms with Gasteiger partial charge >= 0.3 is 5.97 Å². The van der Waals surface area contributed by atoms with Gasteiger partial charge in [0.05, 0.1) is 24.3 Å². The third-order valence-electron chi connectivity index (χ3n) is 3.74. The highest BCUT2D eigenvalue weighted by molar-refractivity contribution is 5.89. The predicted octanol–water partition coefficient (Wildman–Crippen LogP) is 1.72. The first-order chi connectivity index (χ1) is 11.1. The molecule has 3 N–H and O–H groups in total. The summed E-state index contributed by atoms with van der Waals surface area (Å²) in [6.07, 6.45) is 0. The van der Waals surface area contributed by atoms with E-state index in [2.05, 4.69) is 21.0 Å². The molecule has 2 heterocycles. The van der Waals surface area contributed by atoms with Gasteiger partial charge in [-0.25, -0.2) is 4.79 Å². The van der Waals surface area contributed by atoms with Crippen LogP contribution in [0.5, 0.6) is 5.75 Å². The summed E-state index contributed by atoms with van der Waals surface area (Å²) in [5, 5.41) is 16.5. The van der Waals surface area contributed by atoms with Gasteiger partial charge in [0.15, 0.2) is 5.75 Å². The van der Waals surface area contributed by atoms with Gasteiger partial charge in [0.2, 0.25) is 5.88 Å². The molecule has 1 aromatic carbocycles. The van der Waals surface area contributed by atoms with Gasteiger partial charge in [-0.2, -0.15) is 10.4 Å². The van der Waals surface area contributed by atoms with E-state index in [-0.39, 0.29) is 11.5 Å². The zero-order chi connectivity index (χ0) is 16.6. The lowest BCUT2D eigenvalue weighted by atomic mass is 9.86. The number of fused-ring (bicyclic) bond motifs is 1. The Morgan fingerprint density at radius 2 is 2.13 bits per heavy atom. The van der Waals surface area contributed by atoms with Gasteiger partial charge in [-0.05, 0) is 24.6 Å². The normalized spacial score (nSPS) is 16.3. The number of nitrogens with zero attached hydrogens (tertiary/aromatic N) is 2. The summed E-state index contributed by atoms with van der Waals surface area (Å²) < 4.78 is 10.2. The van der Waals surface area contributed by atoms with Gasteiger partial charge in [0.25, 0.3) is 0 Å². The number of carbonyl (C=O) groups is 1. The van der Waals surface area contributed by atoms with E-state index in [9.17, 15) is 10.1 Å². The largest absolute Gasteiger partial charge is 0.465 e. The van der Waals surface area contributed by atoms with Crippen LogP contribution in [0.4, 0.5) is 0 Å². The molecule has 3 rings (SSSR count). The summed E-state index contributed by atoms with van der Waals surface area (Å²) in [6, 6.07) is 8.87. The van der Waals surface area contributed by atoms with E-state index < -0.39 is 11.9 Å². The minimum absolute atomic E-state index is 0.0616. The van der Waals surface area contributed by atoms with Crippen LogP contribution in [0.15, 0.2) is 35.7 Å². The van der Waals surface area contributed by atoms with Crippen molar-refractivity contribution in [1.29, 1.82) is 5.26 Å². The molecule has 7 heteroatoms. The van der Waals surface area contributed by atoms with Crippen LogP contribution < -0.4 is 10.5 Å². The molecule has 1 aliphatic rings. The number of nitriles is 1. The van der Waals surface area contributed by atoms with Crippen molar-refractivity contribution in [3.8, 4) is 11.8 Å². The predicted molar refractivity (Wildman–Crippen MR) is 80.4 cm³/mol. The molecule has 0 aliphatic carbocycles. The SMILES string of the molecule is COC(=O)c1ccc(C2C(C#N)=C(N)Oc3c2n[nH]c3C)cc1. The molecule has 23 heavy (non-hydrogen) atoms. The highest BCUT2D eigenvalue weighted by atomic mass is 16.5. The highest BCUT2D eigenvalue weighted by Crippen LogP contribution is 2.42. The zero-order valence-electron chi connectivity index (χ0n) is 12.6. The molecule has 7 nitrogen and oxygen atoms in total. The van der Waals surface area contributed by atoms with Crippen LogP contribution in [0.3, 0.4) is 0 Å². The number of hydrogen-bond acceptors (Lipinski definition) is 6. The molecular weight excluding hydrogens is 296 g/mol. The molecule has 1 unspecified atom stereocenters. The van der Waals surface area contributed by atoms with E-state index in [1.165, 1.54) is 7.11 Å². The van der Waals surface area contributed by atoms with Gasteiger partial charge in [-0.1, -0.05) is 12.1 Å². The average molecular weight is 310 g/mol. The Morgan fingerprint density at radius 3 is 2.74 bits per heavy atom. The summed E-state index contributed by atoms with van der Waals surface area (Å²) in [7, 11) is 1.32. The van der Waals surface area contributed by atoms with Crippen LogP contribution in [0.25, 0.3) is 0 Å². The van der Waals surface area contributed by atoms with E-state index in [0.29, 0.717) is 17.0 Å². The number of nitrogens with two attached hydrogens (primary N) is 1. The number of allylic oxidation sites excluding steroid dienone is 1. The number of rotatable bonds is 2. The van der Waals surface area contributed by atoms with Crippen molar-refractivity contribution >= 4 is 5.97 Å². The fourth-order valence-corrected chi connectivity index (χ4v) is 2.58. The molecule has 116 valence electrons. The summed E-state index contributed by atoms with van der Waals surface area (Å²) in [6.45, 7) is 1.81. The topological polar surface area (TPSA) is 114 Å². The Balaban J connectivity index is 2.10. The quantitative estimate of drug-likeness (QED) is 0.816. The molecule has 1 atom stereocenters. The highest BCUT2D eigenvalue weighted by Gasteiger charge is 2.34. The monoisotopic (exact) mass is 310 g/mol. The number of hydrogen-bond donors (Lipinski definition) is 2. The summed E-state index contributed by atoms with van der Waals surface area (Å²) in [4.78, 5) is 11.5. The lowest BCUT2D eigenvalue weighted by molar-refractivity contribution is 0.0600. The Hall–Kier alpha value is -3.27. The van der Waals surface area contributed by atoms with Crippen molar-refractivity contribution in [3.05, 3.63) is 58.2 Å². The zero-order valence-corrected chi connectivity index (χ0v) is 12.6. The average Bonchev–Trinajstić information content (AvgIpc) is 2.94. The lowest BCUT2D eigenvalue weighted by Crippen LogP contribution is -2.21. The van der Waals surface area contributed by atoms with Crippen molar-refractivity contribution in [3.63, 3.8) is 0 Å². The lowest BCUT2D eigenvalue weighted by Gasteiger charge is -2.23. The first-order valence-corrected chi connectivity index (χ1v) is 6.87. The second-order valence-electron chi connectivity index (χ2n) is 5.10. The Labute approximate surface area is 132 Å². The fourth-order valence-electron chi connectivity index (χ4n) is 2.58. The molecule has 1 aliphatic heterocycles. The summed E-state index contributed by atoms with van der Waals surface area (Å²) in [5.41, 5.74) is 8.71. The maximum absolute atomic E-state index is 11.5. The Kier molecular flexibility index (Phi) is 3.50. The third-order valence-corrected chi connectivity index (χ3v) is 3.74. The molecule has 0 spiro atoms. The third kappa shape index (κ3) is 2.30. The maximum Gasteiger partial charge on any atom is 0.337 e. The van der Waals surface area contributed by atoms with Crippen LogP contribution in [-0.2, 0) is 4.74 Å². The molecule has 0 saturated carbocycles. The number of aromatic amines is 1. The standard InChI is InChI=1S/C16H14N4O3/c1-8-14-13(20-19-8)12(11(7-17)15(18)23-14)9-3-5-10(6-4-9)16(21)22-2/h3-6,12H,18H2,1-2H3,(H,19,20). The minimum atomic E-state index is -0.444. The maximum atomic E-state index is 11.5. The Bertz CT molecular complexity index is 843. The number of H-pyrrole nitrogens is 1. The van der Waals surface area contributed by atoms with E-state index in [0.717, 1.165) is 11.3 Å². The van der Waals surface area contributed by atoms with Gasteiger partial charge in [0.1, 0.15) is 17.3 Å². The molecule has 0 amide bonds. The first kappa shape index (κ1) is 14.7. The fraction of sp³-hybridized carbons (Fsp3) is 0.188. The van der Waals surface area contributed by atoms with Crippen LogP contribution >= 0.6 is 0 Å². The van der Waals surface area contributed by atoms with Gasteiger partial charge in [-0.3, -0.25) is 5.10 Å². The van der Waals surface area contributed by atoms with Crippen LogP contribution in [-0.4, -0.2) is 23.3 Å². The number of nitrogens with one attached hydrogen (secondary N) is 1. The second kappa shape index (κ2) is 5.50. The number of aromatic nitrogens is 2. The van der Waals surface area contributed by atoms with E-state index >= 15 is 0 Å². The molecule has 2 aromatic rings. The summed E-state index contributed by atoms with van der Waals surface area (Å²) >= 11 is 0. The van der Waals surface area contributed by atoms with E-state index in [1.54, 1.807) is 24.3 Å². The number of carbonyl (C=O) groups excluding carboxylic acids is 1. The Morgan fingerprint density at radius 1 is 1.43 bits per heavy atom. The van der Waals surface area contributed by atoms with Gasteiger partial charge in [0, 0.05) is 0 Å². The molecule has 0 bridgehead atoms.